The van der Waals surface area contributed by atoms with Crippen LogP contribution in [0.3, 0.4) is 0 Å². The molecular formula is C27H26N4O. The average molecular weight is 423 g/mol. The average Bonchev–Trinajstić information content (AvgIpc) is 3.22. The van der Waals surface area contributed by atoms with Gasteiger partial charge in [-0.1, -0.05) is 30.3 Å². The fourth-order valence-electron chi connectivity index (χ4n) is 4.03. The van der Waals surface area contributed by atoms with Gasteiger partial charge in [-0.05, 0) is 74.1 Å². The summed E-state index contributed by atoms with van der Waals surface area (Å²) >= 11 is 0. The van der Waals surface area contributed by atoms with Crippen LogP contribution in [0.2, 0.25) is 0 Å². The molecule has 0 radical (unpaired) electrons. The van der Waals surface area contributed by atoms with Gasteiger partial charge >= 0.3 is 0 Å². The van der Waals surface area contributed by atoms with Crippen molar-refractivity contribution in [1.82, 2.24) is 19.4 Å². The lowest BCUT2D eigenvalue weighted by Gasteiger charge is -2.11. The number of hydrogen-bond acceptors (Lipinski definition) is 4. The number of imidazole rings is 1. The summed E-state index contributed by atoms with van der Waals surface area (Å²) in [6.45, 7) is 3.56. The van der Waals surface area contributed by atoms with Crippen molar-refractivity contribution in [3.8, 4) is 22.7 Å². The molecule has 0 aliphatic heterocycles. The van der Waals surface area contributed by atoms with Gasteiger partial charge < -0.3 is 9.64 Å². The second-order valence-electron chi connectivity index (χ2n) is 8.21. The van der Waals surface area contributed by atoms with Crippen molar-refractivity contribution < 1.29 is 4.74 Å². The first-order valence-corrected chi connectivity index (χ1v) is 10.9. The summed E-state index contributed by atoms with van der Waals surface area (Å²) in [5.74, 6) is 1.68. The zero-order valence-electron chi connectivity index (χ0n) is 18.6. The maximum Gasteiger partial charge on any atom is 0.139 e. The third kappa shape index (κ3) is 3.95. The van der Waals surface area contributed by atoms with Gasteiger partial charge in [0, 0.05) is 18.0 Å². The lowest BCUT2D eigenvalue weighted by atomic mass is 10.0. The van der Waals surface area contributed by atoms with Gasteiger partial charge in [-0.2, -0.15) is 0 Å². The normalized spacial score (nSPS) is 11.5. The second-order valence-corrected chi connectivity index (χ2v) is 8.21. The highest BCUT2D eigenvalue weighted by molar-refractivity contribution is 5.86. The van der Waals surface area contributed by atoms with Gasteiger partial charge in [-0.15, -0.1) is 0 Å². The molecule has 0 saturated heterocycles. The van der Waals surface area contributed by atoms with E-state index in [2.05, 4.69) is 72.5 Å². The van der Waals surface area contributed by atoms with Crippen LogP contribution in [0.1, 0.15) is 12.5 Å². The summed E-state index contributed by atoms with van der Waals surface area (Å²) < 4.78 is 7.61. The highest BCUT2D eigenvalue weighted by Crippen LogP contribution is 2.27. The summed E-state index contributed by atoms with van der Waals surface area (Å²) in [6, 6.07) is 25.3. The maximum atomic E-state index is 5.59. The molecule has 3 aromatic carbocycles. The van der Waals surface area contributed by atoms with E-state index < -0.39 is 0 Å². The molecule has 32 heavy (non-hydrogen) atoms. The van der Waals surface area contributed by atoms with Gasteiger partial charge in [0.05, 0.1) is 23.2 Å². The van der Waals surface area contributed by atoms with E-state index in [1.807, 2.05) is 42.1 Å². The van der Waals surface area contributed by atoms with Crippen molar-refractivity contribution in [1.29, 1.82) is 0 Å². The molecule has 0 atom stereocenters. The van der Waals surface area contributed by atoms with E-state index in [0.29, 0.717) is 6.61 Å². The molecule has 0 fully saturated rings. The fraction of sp³-hybridized carbons (Fsp3) is 0.185. The first kappa shape index (κ1) is 20.2. The fourth-order valence-corrected chi connectivity index (χ4v) is 4.03. The van der Waals surface area contributed by atoms with E-state index >= 15 is 0 Å². The van der Waals surface area contributed by atoms with Crippen molar-refractivity contribution >= 4 is 21.9 Å². The Morgan fingerprint density at radius 1 is 0.844 bits per heavy atom. The largest absolute Gasteiger partial charge is 0.494 e. The number of nitrogens with zero attached hydrogens (tertiary/aromatic N) is 4. The zero-order chi connectivity index (χ0) is 22.1. The van der Waals surface area contributed by atoms with E-state index in [9.17, 15) is 0 Å². The van der Waals surface area contributed by atoms with Gasteiger partial charge in [0.15, 0.2) is 0 Å². The molecule has 0 bridgehead atoms. The van der Waals surface area contributed by atoms with Gasteiger partial charge in [-0.25, -0.2) is 9.97 Å². The Hall–Kier alpha value is -3.70. The molecule has 0 aliphatic rings. The van der Waals surface area contributed by atoms with E-state index in [0.717, 1.165) is 40.0 Å². The molecule has 5 heteroatoms. The molecule has 0 saturated carbocycles. The first-order valence-electron chi connectivity index (χ1n) is 10.9. The van der Waals surface area contributed by atoms with Crippen LogP contribution in [0.25, 0.3) is 38.9 Å². The molecule has 5 aromatic rings. The van der Waals surface area contributed by atoms with Crippen molar-refractivity contribution in [3.05, 3.63) is 84.7 Å². The Morgan fingerprint density at radius 3 is 2.44 bits per heavy atom. The Kier molecular flexibility index (Phi) is 5.33. The van der Waals surface area contributed by atoms with Crippen LogP contribution in [0.4, 0.5) is 0 Å². The Labute approximate surface area is 187 Å². The van der Waals surface area contributed by atoms with Crippen LogP contribution < -0.4 is 4.74 Å². The number of benzene rings is 3. The molecule has 0 aliphatic carbocycles. The molecule has 5 rings (SSSR count). The van der Waals surface area contributed by atoms with Crippen molar-refractivity contribution in [3.63, 3.8) is 0 Å². The second kappa shape index (κ2) is 8.44. The monoisotopic (exact) mass is 422 g/mol. The number of rotatable bonds is 6. The highest BCUT2D eigenvalue weighted by atomic mass is 16.5. The summed E-state index contributed by atoms with van der Waals surface area (Å²) in [4.78, 5) is 11.6. The molecule has 5 nitrogen and oxygen atoms in total. The number of fused-ring (bicyclic) bond motifs is 2. The molecule has 0 N–H and O–H groups in total. The Bertz CT molecular complexity index is 1390. The van der Waals surface area contributed by atoms with Crippen LogP contribution >= 0.6 is 0 Å². The van der Waals surface area contributed by atoms with Gasteiger partial charge in [0.2, 0.25) is 0 Å². The summed E-state index contributed by atoms with van der Waals surface area (Å²) in [5.41, 5.74) is 6.58. The van der Waals surface area contributed by atoms with Crippen LogP contribution in [0.5, 0.6) is 5.75 Å². The topological polar surface area (TPSA) is 43.2 Å². The lowest BCUT2D eigenvalue weighted by molar-refractivity contribution is 0.340. The van der Waals surface area contributed by atoms with Crippen molar-refractivity contribution in [2.75, 3.05) is 20.7 Å². The quantitative estimate of drug-likeness (QED) is 0.352. The lowest BCUT2D eigenvalue weighted by Crippen LogP contribution is -2.10. The maximum absolute atomic E-state index is 5.59. The first-order chi connectivity index (χ1) is 15.6. The summed E-state index contributed by atoms with van der Waals surface area (Å²) in [7, 11) is 4.17. The zero-order valence-corrected chi connectivity index (χ0v) is 18.6. The SMILES string of the molecule is CCOc1ccc2c(c1)ncn2-c1ccc2cc(-c3ccc(CN(C)C)cc3)ccc2n1. The number of aromatic nitrogens is 3. The number of hydrogen-bond donors (Lipinski definition) is 0. The van der Waals surface area contributed by atoms with E-state index in [1.54, 1.807) is 0 Å². The van der Waals surface area contributed by atoms with E-state index in [1.165, 1.54) is 16.7 Å². The molecule has 2 heterocycles. The van der Waals surface area contributed by atoms with Crippen molar-refractivity contribution in [2.24, 2.45) is 0 Å². The van der Waals surface area contributed by atoms with E-state index in [-0.39, 0.29) is 0 Å². The molecular weight excluding hydrogens is 396 g/mol. The Morgan fingerprint density at radius 2 is 1.66 bits per heavy atom. The molecule has 0 spiro atoms. The minimum Gasteiger partial charge on any atom is -0.494 e. The highest BCUT2D eigenvalue weighted by Gasteiger charge is 2.09. The summed E-state index contributed by atoms with van der Waals surface area (Å²) in [5, 5.41) is 1.12. The minimum atomic E-state index is 0.640. The van der Waals surface area contributed by atoms with Crippen LogP contribution in [-0.4, -0.2) is 40.1 Å². The number of pyridine rings is 1. The third-order valence-electron chi connectivity index (χ3n) is 5.54. The molecule has 160 valence electrons. The van der Waals surface area contributed by atoms with Crippen LogP contribution in [-0.2, 0) is 6.54 Å². The van der Waals surface area contributed by atoms with Crippen LogP contribution in [0.15, 0.2) is 79.1 Å². The standard InChI is InChI=1S/C27H26N4O/c1-4-32-23-11-13-26-25(16-23)28-18-31(26)27-14-10-22-15-21(9-12-24(22)29-27)20-7-5-19(6-8-20)17-30(2)3/h5-16,18H,4,17H2,1-3H3. The predicted octanol–water partition coefficient (Wildman–Crippen LogP) is 5.70. The predicted molar refractivity (Wildman–Crippen MR) is 130 cm³/mol. The van der Waals surface area contributed by atoms with Gasteiger partial charge in [0.25, 0.3) is 0 Å². The molecule has 2 aromatic heterocycles. The van der Waals surface area contributed by atoms with Gasteiger partial charge in [0.1, 0.15) is 17.9 Å². The Balaban J connectivity index is 1.46. The minimum absolute atomic E-state index is 0.640. The number of ether oxygens (including phenoxy) is 1. The van der Waals surface area contributed by atoms with Crippen LogP contribution in [0, 0.1) is 0 Å². The van der Waals surface area contributed by atoms with E-state index in [4.69, 9.17) is 9.72 Å². The molecule has 0 unspecified atom stereocenters. The van der Waals surface area contributed by atoms with Crippen molar-refractivity contribution in [2.45, 2.75) is 13.5 Å². The third-order valence-corrected chi connectivity index (χ3v) is 5.54. The smallest absolute Gasteiger partial charge is 0.139 e. The summed E-state index contributed by atoms with van der Waals surface area (Å²) in [6.07, 6.45) is 1.82. The molecule has 0 amide bonds. The van der Waals surface area contributed by atoms with Gasteiger partial charge in [-0.3, -0.25) is 4.57 Å².